The van der Waals surface area contributed by atoms with E-state index in [2.05, 4.69) is 17.9 Å². The molecule has 0 spiro atoms. The number of rotatable bonds is 5. The first kappa shape index (κ1) is 15.9. The fourth-order valence-electron chi connectivity index (χ4n) is 1.49. The highest BCUT2D eigenvalue weighted by Crippen LogP contribution is 2.20. The molecule has 2 amide bonds. The zero-order valence-corrected chi connectivity index (χ0v) is 12.6. The quantitative estimate of drug-likeness (QED) is 0.819. The molecule has 1 rings (SSSR count). The van der Waals surface area contributed by atoms with E-state index >= 15 is 0 Å². The van der Waals surface area contributed by atoms with Crippen molar-refractivity contribution in [3.8, 4) is 0 Å². The van der Waals surface area contributed by atoms with Crippen LogP contribution in [0.2, 0.25) is 5.02 Å². The van der Waals surface area contributed by atoms with Crippen LogP contribution in [0.4, 0.5) is 0 Å². The Kier molecular flexibility index (Phi) is 6.18. The molecule has 0 aliphatic heterocycles. The molecule has 1 aromatic rings. The third kappa shape index (κ3) is 4.76. The van der Waals surface area contributed by atoms with E-state index in [1.807, 2.05) is 6.92 Å². The van der Waals surface area contributed by atoms with Crippen LogP contribution in [0.5, 0.6) is 0 Å². The summed E-state index contributed by atoms with van der Waals surface area (Å²) in [5, 5.41) is 3.07. The third-order valence-corrected chi connectivity index (χ3v) is 3.09. The van der Waals surface area contributed by atoms with Gasteiger partial charge in [-0.05, 0) is 24.6 Å². The second-order valence-electron chi connectivity index (χ2n) is 4.18. The summed E-state index contributed by atoms with van der Waals surface area (Å²) in [6.45, 7) is 2.58. The van der Waals surface area contributed by atoms with Crippen LogP contribution in [0, 0.1) is 0 Å². The van der Waals surface area contributed by atoms with Crippen LogP contribution in [-0.4, -0.2) is 36.9 Å². The molecule has 0 aliphatic rings. The van der Waals surface area contributed by atoms with Gasteiger partial charge in [-0.2, -0.15) is 0 Å². The van der Waals surface area contributed by atoms with Gasteiger partial charge in [0, 0.05) is 18.5 Å². The summed E-state index contributed by atoms with van der Waals surface area (Å²) >= 11 is 10.1. The molecule has 0 heterocycles. The van der Waals surface area contributed by atoms with Crippen molar-refractivity contribution < 1.29 is 9.59 Å². The molecule has 0 aromatic heterocycles. The largest absolute Gasteiger partial charge is 0.355 e. The zero-order chi connectivity index (χ0) is 14.4. The Balaban J connectivity index is 2.71. The smallest absolute Gasteiger partial charge is 0.255 e. The van der Waals surface area contributed by atoms with Gasteiger partial charge in [0.25, 0.3) is 5.91 Å². The van der Waals surface area contributed by atoms with Gasteiger partial charge in [-0.1, -0.05) is 18.5 Å². The van der Waals surface area contributed by atoms with Crippen LogP contribution >= 0.6 is 24.2 Å². The van der Waals surface area contributed by atoms with Crippen molar-refractivity contribution in [3.63, 3.8) is 0 Å². The zero-order valence-electron chi connectivity index (χ0n) is 10.9. The molecule has 0 unspecified atom stereocenters. The SMILES string of the molecule is CCCNC(=O)CN(C)C(=O)c1cc(S)ccc1Cl. The lowest BCUT2D eigenvalue weighted by molar-refractivity contribution is -0.121. The Morgan fingerprint density at radius 2 is 2.11 bits per heavy atom. The maximum atomic E-state index is 12.2. The standard InChI is InChI=1S/C13H17ClN2O2S/c1-3-6-15-12(17)8-16(2)13(18)10-7-9(19)4-5-11(10)14/h4-5,7,19H,3,6,8H2,1-2H3,(H,15,17). The molecule has 104 valence electrons. The predicted molar refractivity (Wildman–Crippen MR) is 79.0 cm³/mol. The summed E-state index contributed by atoms with van der Waals surface area (Å²) < 4.78 is 0. The molecule has 0 fully saturated rings. The Bertz CT molecular complexity index is 480. The van der Waals surface area contributed by atoms with E-state index in [1.54, 1.807) is 25.2 Å². The fraction of sp³-hybridized carbons (Fsp3) is 0.385. The van der Waals surface area contributed by atoms with E-state index in [0.29, 0.717) is 22.0 Å². The van der Waals surface area contributed by atoms with Crippen LogP contribution in [-0.2, 0) is 4.79 Å². The molecule has 1 aromatic carbocycles. The Labute approximate surface area is 123 Å². The highest BCUT2D eigenvalue weighted by atomic mass is 35.5. The minimum absolute atomic E-state index is 0.00591. The molecule has 0 radical (unpaired) electrons. The normalized spacial score (nSPS) is 10.1. The van der Waals surface area contributed by atoms with Gasteiger partial charge in [-0.25, -0.2) is 0 Å². The number of hydrogen-bond donors (Lipinski definition) is 2. The molecule has 0 saturated carbocycles. The number of thiol groups is 1. The number of benzene rings is 1. The molecule has 4 nitrogen and oxygen atoms in total. The Morgan fingerprint density at radius 3 is 2.74 bits per heavy atom. The van der Waals surface area contributed by atoms with Gasteiger partial charge < -0.3 is 10.2 Å². The lowest BCUT2D eigenvalue weighted by atomic mass is 10.2. The minimum atomic E-state index is -0.299. The number of hydrogen-bond acceptors (Lipinski definition) is 3. The van der Waals surface area contributed by atoms with E-state index in [-0.39, 0.29) is 18.4 Å². The van der Waals surface area contributed by atoms with Crippen molar-refractivity contribution in [2.24, 2.45) is 0 Å². The predicted octanol–water partition coefficient (Wildman–Crippen LogP) is 2.23. The van der Waals surface area contributed by atoms with E-state index in [4.69, 9.17) is 11.6 Å². The first-order chi connectivity index (χ1) is 8.95. The second kappa shape index (κ2) is 7.40. The maximum absolute atomic E-state index is 12.2. The summed E-state index contributed by atoms with van der Waals surface area (Å²) in [6, 6.07) is 4.91. The maximum Gasteiger partial charge on any atom is 0.255 e. The summed E-state index contributed by atoms with van der Waals surface area (Å²) in [7, 11) is 1.56. The first-order valence-electron chi connectivity index (χ1n) is 5.96. The van der Waals surface area contributed by atoms with Crippen molar-refractivity contribution in [2.45, 2.75) is 18.2 Å². The Morgan fingerprint density at radius 1 is 1.42 bits per heavy atom. The van der Waals surface area contributed by atoms with Gasteiger partial charge >= 0.3 is 0 Å². The monoisotopic (exact) mass is 300 g/mol. The number of carbonyl (C=O) groups is 2. The molecule has 19 heavy (non-hydrogen) atoms. The van der Waals surface area contributed by atoms with Gasteiger partial charge in [0.2, 0.25) is 5.91 Å². The van der Waals surface area contributed by atoms with E-state index < -0.39 is 0 Å². The molecule has 0 bridgehead atoms. The van der Waals surface area contributed by atoms with Crippen LogP contribution in [0.15, 0.2) is 23.1 Å². The number of amides is 2. The summed E-state index contributed by atoms with van der Waals surface area (Å²) in [4.78, 5) is 25.7. The summed E-state index contributed by atoms with van der Waals surface area (Å²) in [5.74, 6) is -0.483. The molecule has 6 heteroatoms. The highest BCUT2D eigenvalue weighted by Gasteiger charge is 2.17. The summed E-state index contributed by atoms with van der Waals surface area (Å²) in [6.07, 6.45) is 0.858. The topological polar surface area (TPSA) is 49.4 Å². The lowest BCUT2D eigenvalue weighted by Crippen LogP contribution is -2.38. The average molecular weight is 301 g/mol. The average Bonchev–Trinajstić information content (AvgIpc) is 2.38. The summed E-state index contributed by atoms with van der Waals surface area (Å²) in [5.41, 5.74) is 0.347. The molecule has 0 atom stereocenters. The Hall–Kier alpha value is -1.20. The minimum Gasteiger partial charge on any atom is -0.355 e. The highest BCUT2D eigenvalue weighted by molar-refractivity contribution is 7.80. The van der Waals surface area contributed by atoms with Crippen LogP contribution in [0.3, 0.4) is 0 Å². The fourth-order valence-corrected chi connectivity index (χ4v) is 1.89. The van der Waals surface area contributed by atoms with Crippen LogP contribution in [0.25, 0.3) is 0 Å². The van der Waals surface area contributed by atoms with Crippen molar-refractivity contribution in [1.29, 1.82) is 0 Å². The van der Waals surface area contributed by atoms with E-state index in [0.717, 1.165) is 6.42 Å². The molecular weight excluding hydrogens is 284 g/mol. The number of carbonyl (C=O) groups excluding carboxylic acids is 2. The second-order valence-corrected chi connectivity index (χ2v) is 5.10. The van der Waals surface area contributed by atoms with Gasteiger partial charge in [0.1, 0.15) is 0 Å². The van der Waals surface area contributed by atoms with Crippen molar-refractivity contribution in [1.82, 2.24) is 10.2 Å². The first-order valence-corrected chi connectivity index (χ1v) is 6.79. The number of nitrogens with zero attached hydrogens (tertiary/aromatic N) is 1. The number of halogens is 1. The molecule has 1 N–H and O–H groups in total. The molecule has 0 aliphatic carbocycles. The molecule has 0 saturated heterocycles. The van der Waals surface area contributed by atoms with Gasteiger partial charge in [-0.15, -0.1) is 12.6 Å². The van der Waals surface area contributed by atoms with Crippen LogP contribution < -0.4 is 5.32 Å². The van der Waals surface area contributed by atoms with Gasteiger partial charge in [-0.3, -0.25) is 9.59 Å². The van der Waals surface area contributed by atoms with Gasteiger partial charge in [0.05, 0.1) is 17.1 Å². The van der Waals surface area contributed by atoms with E-state index in [9.17, 15) is 9.59 Å². The third-order valence-electron chi connectivity index (χ3n) is 2.48. The molecular formula is C13H17ClN2O2S. The van der Waals surface area contributed by atoms with Crippen molar-refractivity contribution in [2.75, 3.05) is 20.1 Å². The number of nitrogens with one attached hydrogen (secondary N) is 1. The van der Waals surface area contributed by atoms with Crippen LogP contribution in [0.1, 0.15) is 23.7 Å². The van der Waals surface area contributed by atoms with E-state index in [1.165, 1.54) is 4.90 Å². The van der Waals surface area contributed by atoms with Crippen molar-refractivity contribution >= 4 is 36.0 Å². The van der Waals surface area contributed by atoms with Crippen molar-refractivity contribution in [3.05, 3.63) is 28.8 Å². The lowest BCUT2D eigenvalue weighted by Gasteiger charge is -2.17. The number of likely N-dealkylation sites (N-methyl/N-ethyl adjacent to an activating group) is 1. The van der Waals surface area contributed by atoms with Gasteiger partial charge in [0.15, 0.2) is 0 Å².